The summed E-state index contributed by atoms with van der Waals surface area (Å²) in [5, 5.41) is 21.4. The molecule has 7 heteroatoms. The summed E-state index contributed by atoms with van der Waals surface area (Å²) in [5.74, 6) is 0.415. The lowest BCUT2D eigenvalue weighted by molar-refractivity contribution is -0.112. The fourth-order valence-electron chi connectivity index (χ4n) is 2.34. The van der Waals surface area contributed by atoms with Crippen molar-refractivity contribution in [3.05, 3.63) is 40.4 Å². The van der Waals surface area contributed by atoms with E-state index in [4.69, 9.17) is 4.74 Å². The molecule has 0 saturated carbocycles. The van der Waals surface area contributed by atoms with Gasteiger partial charge in [-0.25, -0.2) is 0 Å². The molecule has 0 aliphatic heterocycles. The molecular formula is C18H20N4O2S. The van der Waals surface area contributed by atoms with Crippen LogP contribution in [0.15, 0.2) is 29.8 Å². The minimum Gasteiger partial charge on any atom is -0.496 e. The van der Waals surface area contributed by atoms with Gasteiger partial charge in [0.25, 0.3) is 5.91 Å². The van der Waals surface area contributed by atoms with Crippen LogP contribution in [-0.2, 0) is 4.79 Å². The van der Waals surface area contributed by atoms with Gasteiger partial charge in [-0.05, 0) is 25.0 Å². The fourth-order valence-corrected chi connectivity index (χ4v) is 3.35. The lowest BCUT2D eigenvalue weighted by atomic mass is 10.1. The van der Waals surface area contributed by atoms with Gasteiger partial charge in [0.05, 0.1) is 7.11 Å². The van der Waals surface area contributed by atoms with E-state index in [1.807, 2.05) is 18.2 Å². The second-order valence-electron chi connectivity index (χ2n) is 5.32. The molecule has 0 aliphatic rings. The summed E-state index contributed by atoms with van der Waals surface area (Å²) in [6.07, 6.45) is 3.43. The normalized spacial score (nSPS) is 11.2. The molecule has 2 rings (SSSR count). The molecule has 1 aromatic heterocycles. The van der Waals surface area contributed by atoms with Gasteiger partial charge in [0.15, 0.2) is 0 Å². The van der Waals surface area contributed by atoms with Crippen LogP contribution in [0.1, 0.15) is 43.2 Å². The highest BCUT2D eigenvalue weighted by Gasteiger charge is 2.16. The van der Waals surface area contributed by atoms with Crippen LogP contribution in [0.4, 0.5) is 5.13 Å². The Morgan fingerprint density at radius 3 is 2.72 bits per heavy atom. The van der Waals surface area contributed by atoms with Gasteiger partial charge in [-0.3, -0.25) is 10.1 Å². The first-order valence-corrected chi connectivity index (χ1v) is 8.84. The van der Waals surface area contributed by atoms with Crippen molar-refractivity contribution in [3.63, 3.8) is 0 Å². The average molecular weight is 356 g/mol. The number of hydrogen-bond acceptors (Lipinski definition) is 6. The molecular weight excluding hydrogens is 336 g/mol. The Morgan fingerprint density at radius 1 is 1.36 bits per heavy atom. The van der Waals surface area contributed by atoms with Gasteiger partial charge in [-0.1, -0.05) is 43.4 Å². The highest BCUT2D eigenvalue weighted by atomic mass is 32.1. The second-order valence-corrected chi connectivity index (χ2v) is 6.33. The molecule has 0 spiro atoms. The Bertz CT molecular complexity index is 803. The van der Waals surface area contributed by atoms with Gasteiger partial charge >= 0.3 is 0 Å². The molecule has 1 aromatic carbocycles. The van der Waals surface area contributed by atoms with Gasteiger partial charge < -0.3 is 4.74 Å². The number of hydrogen-bond donors (Lipinski definition) is 1. The van der Waals surface area contributed by atoms with Crippen molar-refractivity contribution in [2.24, 2.45) is 0 Å². The Kier molecular flexibility index (Phi) is 6.66. The smallest absolute Gasteiger partial charge is 0.268 e. The summed E-state index contributed by atoms with van der Waals surface area (Å²) in [5.41, 5.74) is 0.635. The standard InChI is InChI=1S/C18H20N4O2S/c1-4-12(5-2)17-21-22-18(25-17)20-16(23)14(11-19)10-13-8-6-7-9-15(13)24-3/h6-10,12H,4-5H2,1-3H3,(H,20,22,23)/b14-10+. The lowest BCUT2D eigenvalue weighted by Crippen LogP contribution is -2.13. The van der Waals surface area contributed by atoms with Gasteiger partial charge in [0, 0.05) is 11.5 Å². The summed E-state index contributed by atoms with van der Waals surface area (Å²) in [6, 6.07) is 9.11. The SMILES string of the molecule is CCC(CC)c1nnc(NC(=O)/C(C#N)=C/c2ccccc2OC)s1. The van der Waals surface area contributed by atoms with Crippen molar-refractivity contribution in [2.75, 3.05) is 12.4 Å². The van der Waals surface area contributed by atoms with Crippen LogP contribution in [0, 0.1) is 11.3 Å². The molecule has 0 bridgehead atoms. The van der Waals surface area contributed by atoms with E-state index in [9.17, 15) is 10.1 Å². The Balaban J connectivity index is 2.18. The summed E-state index contributed by atoms with van der Waals surface area (Å²) in [6.45, 7) is 4.19. The monoisotopic (exact) mass is 356 g/mol. The number of benzene rings is 1. The largest absolute Gasteiger partial charge is 0.496 e. The Hall–Kier alpha value is -2.72. The van der Waals surface area contributed by atoms with Crippen LogP contribution in [0.2, 0.25) is 0 Å². The molecule has 0 saturated heterocycles. The summed E-state index contributed by atoms with van der Waals surface area (Å²) in [4.78, 5) is 12.4. The zero-order chi connectivity index (χ0) is 18.2. The topological polar surface area (TPSA) is 87.9 Å². The second kappa shape index (κ2) is 8.94. The highest BCUT2D eigenvalue weighted by Crippen LogP contribution is 2.28. The van der Waals surface area contributed by atoms with E-state index in [2.05, 4.69) is 29.4 Å². The first-order valence-electron chi connectivity index (χ1n) is 8.02. The average Bonchev–Trinajstić information content (AvgIpc) is 3.09. The summed E-state index contributed by atoms with van der Waals surface area (Å²) in [7, 11) is 1.54. The van der Waals surface area contributed by atoms with Crippen molar-refractivity contribution in [1.29, 1.82) is 5.26 Å². The number of anilines is 1. The van der Waals surface area contributed by atoms with Crippen molar-refractivity contribution < 1.29 is 9.53 Å². The van der Waals surface area contributed by atoms with Crippen LogP contribution < -0.4 is 10.1 Å². The Labute approximate surface area is 151 Å². The predicted octanol–water partition coefficient (Wildman–Crippen LogP) is 4.00. The van der Waals surface area contributed by atoms with Gasteiger partial charge in [0.1, 0.15) is 22.4 Å². The summed E-state index contributed by atoms with van der Waals surface area (Å²) >= 11 is 1.34. The van der Waals surface area contributed by atoms with Crippen molar-refractivity contribution in [1.82, 2.24) is 10.2 Å². The fraction of sp³-hybridized carbons (Fsp3) is 0.333. The number of methoxy groups -OCH3 is 1. The first-order chi connectivity index (χ1) is 12.1. The Morgan fingerprint density at radius 2 is 2.08 bits per heavy atom. The van der Waals surface area contributed by atoms with Crippen LogP contribution in [0.5, 0.6) is 5.75 Å². The van der Waals surface area contributed by atoms with Crippen molar-refractivity contribution in [3.8, 4) is 11.8 Å². The zero-order valence-electron chi connectivity index (χ0n) is 14.4. The van der Waals surface area contributed by atoms with Gasteiger partial charge in [-0.15, -0.1) is 10.2 Å². The number of amides is 1. The number of carbonyl (C=O) groups excluding carboxylic acids is 1. The molecule has 0 radical (unpaired) electrons. The molecule has 1 amide bonds. The minimum absolute atomic E-state index is 0.0243. The van der Waals surface area contributed by atoms with Crippen LogP contribution >= 0.6 is 11.3 Å². The van der Waals surface area contributed by atoms with E-state index >= 15 is 0 Å². The number of ether oxygens (including phenoxy) is 1. The van der Waals surface area contributed by atoms with Gasteiger partial charge in [-0.2, -0.15) is 5.26 Å². The highest BCUT2D eigenvalue weighted by molar-refractivity contribution is 7.15. The zero-order valence-corrected chi connectivity index (χ0v) is 15.3. The van der Waals surface area contributed by atoms with E-state index in [1.54, 1.807) is 19.2 Å². The van der Waals surface area contributed by atoms with Crippen molar-refractivity contribution in [2.45, 2.75) is 32.6 Å². The molecule has 0 fully saturated rings. The molecule has 0 atom stereocenters. The van der Waals surface area contributed by atoms with E-state index in [0.29, 0.717) is 22.4 Å². The maximum Gasteiger partial charge on any atom is 0.268 e. The molecule has 6 nitrogen and oxygen atoms in total. The number of nitrogens with zero attached hydrogens (tertiary/aromatic N) is 3. The molecule has 0 aliphatic carbocycles. The number of carbonyl (C=O) groups is 1. The maximum atomic E-state index is 12.4. The minimum atomic E-state index is -0.513. The molecule has 0 unspecified atom stereocenters. The third-order valence-electron chi connectivity index (χ3n) is 3.80. The number of aromatic nitrogens is 2. The summed E-state index contributed by atoms with van der Waals surface area (Å²) < 4.78 is 5.24. The quantitative estimate of drug-likeness (QED) is 0.598. The van der Waals surface area contributed by atoms with Gasteiger partial charge in [0.2, 0.25) is 5.13 Å². The molecule has 130 valence electrons. The molecule has 2 aromatic rings. The van der Waals surface area contributed by atoms with Crippen LogP contribution in [0.25, 0.3) is 6.08 Å². The number of nitriles is 1. The third kappa shape index (κ3) is 4.64. The first kappa shape index (κ1) is 18.6. The van der Waals surface area contributed by atoms with Crippen LogP contribution in [-0.4, -0.2) is 23.2 Å². The van der Waals surface area contributed by atoms with E-state index in [1.165, 1.54) is 17.4 Å². The lowest BCUT2D eigenvalue weighted by Gasteiger charge is -2.06. The van der Waals surface area contributed by atoms with E-state index < -0.39 is 5.91 Å². The molecule has 1 heterocycles. The molecule has 25 heavy (non-hydrogen) atoms. The maximum absolute atomic E-state index is 12.4. The predicted molar refractivity (Wildman–Crippen MR) is 98.4 cm³/mol. The number of para-hydroxylation sites is 1. The number of nitrogens with one attached hydrogen (secondary N) is 1. The molecule has 1 N–H and O–H groups in total. The van der Waals surface area contributed by atoms with E-state index in [0.717, 1.165) is 17.8 Å². The van der Waals surface area contributed by atoms with Crippen molar-refractivity contribution >= 4 is 28.5 Å². The van der Waals surface area contributed by atoms with E-state index in [-0.39, 0.29) is 5.57 Å². The van der Waals surface area contributed by atoms with Crippen LogP contribution in [0.3, 0.4) is 0 Å². The third-order valence-corrected chi connectivity index (χ3v) is 4.80. The number of rotatable bonds is 7.